The van der Waals surface area contributed by atoms with Crippen LogP contribution in [0.2, 0.25) is 0 Å². The van der Waals surface area contributed by atoms with Gasteiger partial charge in [0.25, 0.3) is 0 Å². The monoisotopic (exact) mass is 268 g/mol. The fourth-order valence-electron chi connectivity index (χ4n) is 2.68. The minimum absolute atomic E-state index is 0.174. The zero-order chi connectivity index (χ0) is 12.5. The average molecular weight is 269 g/mol. The zero-order valence-electron chi connectivity index (χ0n) is 10.4. The average Bonchev–Trinajstić information content (AvgIpc) is 3.11. The highest BCUT2D eigenvalue weighted by molar-refractivity contribution is 6.20. The van der Waals surface area contributed by atoms with Gasteiger partial charge in [0.15, 0.2) is 0 Å². The van der Waals surface area contributed by atoms with Gasteiger partial charge in [-0.05, 0) is 56.2 Å². The van der Waals surface area contributed by atoms with Gasteiger partial charge in [-0.3, -0.25) is 0 Å². The molecule has 1 heterocycles. The molecule has 3 heteroatoms. The second-order valence-electron chi connectivity index (χ2n) is 5.48. The first-order chi connectivity index (χ1) is 8.72. The summed E-state index contributed by atoms with van der Waals surface area (Å²) < 4.78 is 18.9. The standard InChI is InChI=1S/C15H18ClFO/c16-14(10-4-5-10)3-1-2-13-9-11-8-12(17)6-7-15(11)18-13/h6-8,10,13-14H,1-5,9H2. The molecule has 1 nitrogen and oxygen atoms in total. The molecule has 0 amide bonds. The van der Waals surface area contributed by atoms with E-state index in [-0.39, 0.29) is 11.9 Å². The molecule has 2 aliphatic rings. The summed E-state index contributed by atoms with van der Waals surface area (Å²) >= 11 is 6.28. The molecule has 0 aromatic heterocycles. The third-order valence-corrected chi connectivity index (χ3v) is 4.48. The summed E-state index contributed by atoms with van der Waals surface area (Å²) in [5.74, 6) is 1.45. The molecular formula is C15H18ClFO. The van der Waals surface area contributed by atoms with E-state index < -0.39 is 0 Å². The molecule has 1 aliphatic carbocycles. The van der Waals surface area contributed by atoms with Crippen molar-refractivity contribution in [3.05, 3.63) is 29.6 Å². The van der Waals surface area contributed by atoms with Gasteiger partial charge in [-0.25, -0.2) is 4.39 Å². The van der Waals surface area contributed by atoms with Crippen molar-refractivity contribution in [1.82, 2.24) is 0 Å². The zero-order valence-corrected chi connectivity index (χ0v) is 11.1. The third-order valence-electron chi connectivity index (χ3n) is 3.90. The molecule has 2 atom stereocenters. The van der Waals surface area contributed by atoms with Gasteiger partial charge in [0, 0.05) is 17.4 Å². The van der Waals surface area contributed by atoms with Crippen molar-refractivity contribution in [1.29, 1.82) is 0 Å². The van der Waals surface area contributed by atoms with E-state index in [1.807, 2.05) is 0 Å². The molecule has 0 radical (unpaired) electrons. The summed E-state index contributed by atoms with van der Waals surface area (Å²) in [6, 6.07) is 4.78. The minimum Gasteiger partial charge on any atom is -0.490 e. The minimum atomic E-state index is -0.174. The maximum Gasteiger partial charge on any atom is 0.123 e. The number of rotatable bonds is 5. The lowest BCUT2D eigenvalue weighted by Crippen LogP contribution is -2.13. The van der Waals surface area contributed by atoms with Gasteiger partial charge in [0.05, 0.1) is 0 Å². The molecule has 3 rings (SSSR count). The Morgan fingerprint density at radius 3 is 3.00 bits per heavy atom. The Morgan fingerprint density at radius 1 is 1.39 bits per heavy atom. The molecule has 1 saturated carbocycles. The van der Waals surface area contributed by atoms with Crippen molar-refractivity contribution in [2.75, 3.05) is 0 Å². The lowest BCUT2D eigenvalue weighted by Gasteiger charge is -2.12. The predicted molar refractivity (Wildman–Crippen MR) is 70.7 cm³/mol. The Kier molecular flexibility index (Phi) is 3.47. The van der Waals surface area contributed by atoms with Gasteiger partial charge in [-0.1, -0.05) is 0 Å². The molecule has 0 saturated heterocycles. The normalized spacial score (nSPS) is 23.6. The first kappa shape index (κ1) is 12.3. The molecule has 18 heavy (non-hydrogen) atoms. The molecule has 0 bridgehead atoms. The van der Waals surface area contributed by atoms with E-state index in [1.54, 1.807) is 12.1 Å². The highest BCUT2D eigenvalue weighted by atomic mass is 35.5. The highest BCUT2D eigenvalue weighted by Gasteiger charge is 2.30. The van der Waals surface area contributed by atoms with E-state index >= 15 is 0 Å². The van der Waals surface area contributed by atoms with Crippen LogP contribution in [0.5, 0.6) is 5.75 Å². The second kappa shape index (κ2) is 5.08. The Hall–Kier alpha value is -0.760. The number of hydrogen-bond donors (Lipinski definition) is 0. The van der Waals surface area contributed by atoms with Crippen LogP contribution in [-0.2, 0) is 6.42 Å². The lowest BCUT2D eigenvalue weighted by atomic mass is 10.0. The number of halogens is 2. The number of benzene rings is 1. The van der Waals surface area contributed by atoms with Crippen molar-refractivity contribution in [3.63, 3.8) is 0 Å². The number of alkyl halides is 1. The fourth-order valence-corrected chi connectivity index (χ4v) is 3.09. The van der Waals surface area contributed by atoms with Gasteiger partial charge >= 0.3 is 0 Å². The Balaban J connectivity index is 1.45. The van der Waals surface area contributed by atoms with E-state index in [1.165, 1.54) is 18.9 Å². The SMILES string of the molecule is Fc1ccc2c(c1)CC(CCCC(Cl)C1CC1)O2. The summed E-state index contributed by atoms with van der Waals surface area (Å²) in [6.07, 6.45) is 6.86. The van der Waals surface area contributed by atoms with Crippen molar-refractivity contribution >= 4 is 11.6 Å². The van der Waals surface area contributed by atoms with Crippen LogP contribution >= 0.6 is 11.6 Å². The largest absolute Gasteiger partial charge is 0.490 e. The van der Waals surface area contributed by atoms with Gasteiger partial charge in [-0.2, -0.15) is 0 Å². The Morgan fingerprint density at radius 2 is 2.22 bits per heavy atom. The molecule has 98 valence electrons. The van der Waals surface area contributed by atoms with Gasteiger partial charge < -0.3 is 4.74 Å². The van der Waals surface area contributed by atoms with Gasteiger partial charge in [0.1, 0.15) is 17.7 Å². The van der Waals surface area contributed by atoms with Crippen molar-refractivity contribution in [2.45, 2.75) is 50.0 Å². The maximum absolute atomic E-state index is 13.1. The Labute approximate surface area is 112 Å². The van der Waals surface area contributed by atoms with Crippen LogP contribution < -0.4 is 4.74 Å². The molecule has 1 aliphatic heterocycles. The quantitative estimate of drug-likeness (QED) is 0.723. The molecule has 1 aromatic carbocycles. The van der Waals surface area contributed by atoms with Crippen LogP contribution in [0.1, 0.15) is 37.7 Å². The predicted octanol–water partition coefficient (Wildman–Crippen LogP) is 4.32. The van der Waals surface area contributed by atoms with Gasteiger partial charge in [0.2, 0.25) is 0 Å². The molecule has 0 N–H and O–H groups in total. The van der Waals surface area contributed by atoms with E-state index in [0.717, 1.165) is 42.9 Å². The van der Waals surface area contributed by atoms with Crippen LogP contribution in [-0.4, -0.2) is 11.5 Å². The van der Waals surface area contributed by atoms with Crippen LogP contribution in [0.4, 0.5) is 4.39 Å². The van der Waals surface area contributed by atoms with Crippen LogP contribution in [0.15, 0.2) is 18.2 Å². The summed E-state index contributed by atoms with van der Waals surface area (Å²) in [5, 5.41) is 0.353. The van der Waals surface area contributed by atoms with E-state index in [4.69, 9.17) is 16.3 Å². The van der Waals surface area contributed by atoms with Gasteiger partial charge in [-0.15, -0.1) is 11.6 Å². The van der Waals surface area contributed by atoms with Crippen LogP contribution in [0, 0.1) is 11.7 Å². The van der Waals surface area contributed by atoms with E-state index in [2.05, 4.69) is 0 Å². The molecule has 1 fully saturated rings. The summed E-state index contributed by atoms with van der Waals surface area (Å²) in [6.45, 7) is 0. The lowest BCUT2D eigenvalue weighted by molar-refractivity contribution is 0.216. The summed E-state index contributed by atoms with van der Waals surface area (Å²) in [7, 11) is 0. The van der Waals surface area contributed by atoms with Crippen molar-refractivity contribution in [3.8, 4) is 5.75 Å². The number of hydrogen-bond acceptors (Lipinski definition) is 1. The van der Waals surface area contributed by atoms with Crippen LogP contribution in [0.3, 0.4) is 0 Å². The molecule has 2 unspecified atom stereocenters. The second-order valence-corrected chi connectivity index (χ2v) is 6.04. The Bertz CT molecular complexity index is 431. The molecular weight excluding hydrogens is 251 g/mol. The summed E-state index contributed by atoms with van der Waals surface area (Å²) in [4.78, 5) is 0. The molecule has 1 aromatic rings. The topological polar surface area (TPSA) is 9.23 Å². The fraction of sp³-hybridized carbons (Fsp3) is 0.600. The van der Waals surface area contributed by atoms with Crippen LogP contribution in [0.25, 0.3) is 0 Å². The van der Waals surface area contributed by atoms with Crippen molar-refractivity contribution < 1.29 is 9.13 Å². The van der Waals surface area contributed by atoms with E-state index in [9.17, 15) is 4.39 Å². The summed E-state index contributed by atoms with van der Waals surface area (Å²) in [5.41, 5.74) is 1.00. The third kappa shape index (κ3) is 2.80. The smallest absolute Gasteiger partial charge is 0.123 e. The van der Waals surface area contributed by atoms with Crippen molar-refractivity contribution in [2.24, 2.45) is 5.92 Å². The highest BCUT2D eigenvalue weighted by Crippen LogP contribution is 2.38. The van der Waals surface area contributed by atoms with E-state index in [0.29, 0.717) is 5.38 Å². The number of fused-ring (bicyclic) bond motifs is 1. The number of ether oxygens (including phenoxy) is 1. The maximum atomic E-state index is 13.1. The first-order valence-electron chi connectivity index (χ1n) is 6.81. The first-order valence-corrected chi connectivity index (χ1v) is 7.25. The molecule has 0 spiro atoms.